The van der Waals surface area contributed by atoms with E-state index in [2.05, 4.69) is 5.32 Å². The number of nitrogen functional groups attached to an aromatic ring is 1. The minimum atomic E-state index is -0.589. The largest absolute Gasteiger partial charge is 0.396 e. The van der Waals surface area contributed by atoms with Gasteiger partial charge in [-0.25, -0.2) is 4.39 Å². The molecule has 0 aliphatic heterocycles. The molecule has 2 aromatic carbocycles. The summed E-state index contributed by atoms with van der Waals surface area (Å²) in [6.07, 6.45) is 0. The van der Waals surface area contributed by atoms with Crippen molar-refractivity contribution >= 4 is 17.3 Å². The number of nitrogens with one attached hydrogen (secondary N) is 1. The van der Waals surface area contributed by atoms with Crippen LogP contribution in [-0.4, -0.2) is 5.91 Å². The molecule has 98 valence electrons. The minimum absolute atomic E-state index is 0.133. The van der Waals surface area contributed by atoms with Crippen LogP contribution < -0.4 is 11.1 Å². The van der Waals surface area contributed by atoms with E-state index in [1.165, 1.54) is 18.2 Å². The van der Waals surface area contributed by atoms with Crippen molar-refractivity contribution in [3.8, 4) is 0 Å². The molecule has 0 saturated heterocycles. The van der Waals surface area contributed by atoms with Gasteiger partial charge in [-0.1, -0.05) is 24.3 Å². The Labute approximate surface area is 111 Å². The van der Waals surface area contributed by atoms with Gasteiger partial charge >= 0.3 is 0 Å². The number of benzene rings is 2. The number of rotatable bonds is 2. The molecule has 0 bridgehead atoms. The topological polar surface area (TPSA) is 55.1 Å². The van der Waals surface area contributed by atoms with Gasteiger partial charge in [0.1, 0.15) is 5.82 Å². The minimum Gasteiger partial charge on any atom is -0.396 e. The van der Waals surface area contributed by atoms with Crippen molar-refractivity contribution in [1.82, 2.24) is 0 Å². The van der Waals surface area contributed by atoms with Gasteiger partial charge in [0.05, 0.1) is 11.3 Å². The number of amides is 1. The van der Waals surface area contributed by atoms with Crippen LogP contribution in [0.2, 0.25) is 0 Å². The standard InChI is InChI=1S/C15H15FN2O/c1-9-5-3-6-10(2)14(9)18-15(19)11-7-4-8-12(16)13(11)17/h3-8H,17H2,1-2H3,(H,18,19). The second kappa shape index (κ2) is 5.10. The summed E-state index contributed by atoms with van der Waals surface area (Å²) in [5.41, 5.74) is 8.21. The Kier molecular flexibility index (Phi) is 3.51. The predicted molar refractivity (Wildman–Crippen MR) is 74.7 cm³/mol. The molecule has 0 heterocycles. The first-order valence-corrected chi connectivity index (χ1v) is 5.92. The summed E-state index contributed by atoms with van der Waals surface area (Å²) in [5, 5.41) is 2.78. The Morgan fingerprint density at radius 1 is 1.11 bits per heavy atom. The molecule has 19 heavy (non-hydrogen) atoms. The predicted octanol–water partition coefficient (Wildman–Crippen LogP) is 3.28. The highest BCUT2D eigenvalue weighted by Gasteiger charge is 2.14. The molecule has 0 spiro atoms. The Balaban J connectivity index is 2.34. The molecule has 0 aromatic heterocycles. The van der Waals surface area contributed by atoms with Crippen LogP contribution in [-0.2, 0) is 0 Å². The van der Waals surface area contributed by atoms with Crippen molar-refractivity contribution in [3.05, 3.63) is 58.9 Å². The summed E-state index contributed by atoms with van der Waals surface area (Å²) in [6, 6.07) is 9.91. The van der Waals surface area contributed by atoms with Gasteiger partial charge < -0.3 is 11.1 Å². The lowest BCUT2D eigenvalue weighted by Crippen LogP contribution is -2.16. The van der Waals surface area contributed by atoms with Crippen LogP contribution in [0.3, 0.4) is 0 Å². The first-order valence-electron chi connectivity index (χ1n) is 5.92. The molecule has 0 radical (unpaired) electrons. The van der Waals surface area contributed by atoms with E-state index in [9.17, 15) is 9.18 Å². The molecule has 0 atom stereocenters. The van der Waals surface area contributed by atoms with Gasteiger partial charge in [0.15, 0.2) is 0 Å². The van der Waals surface area contributed by atoms with E-state index in [0.717, 1.165) is 16.8 Å². The third-order valence-electron chi connectivity index (χ3n) is 3.02. The van der Waals surface area contributed by atoms with Crippen LogP contribution >= 0.6 is 0 Å². The molecular weight excluding hydrogens is 243 g/mol. The number of anilines is 2. The molecular formula is C15H15FN2O. The summed E-state index contributed by atoms with van der Waals surface area (Å²) in [6.45, 7) is 3.80. The molecule has 3 N–H and O–H groups in total. The second-order valence-corrected chi connectivity index (χ2v) is 4.42. The zero-order chi connectivity index (χ0) is 14.0. The number of carbonyl (C=O) groups excluding carboxylic acids is 1. The van der Waals surface area contributed by atoms with Crippen LogP contribution in [0.15, 0.2) is 36.4 Å². The molecule has 3 nitrogen and oxygen atoms in total. The Bertz CT molecular complexity index is 618. The number of aryl methyl sites for hydroxylation is 2. The number of hydrogen-bond donors (Lipinski definition) is 2. The van der Waals surface area contributed by atoms with Gasteiger partial charge in [-0.3, -0.25) is 4.79 Å². The van der Waals surface area contributed by atoms with E-state index in [1.807, 2.05) is 32.0 Å². The maximum Gasteiger partial charge on any atom is 0.257 e. The Morgan fingerprint density at radius 2 is 1.68 bits per heavy atom. The maximum absolute atomic E-state index is 13.3. The van der Waals surface area contributed by atoms with Crippen molar-refractivity contribution in [2.45, 2.75) is 13.8 Å². The number of nitrogens with two attached hydrogens (primary N) is 1. The molecule has 1 amide bonds. The van der Waals surface area contributed by atoms with Gasteiger partial charge in [0, 0.05) is 5.69 Å². The number of halogens is 1. The lowest BCUT2D eigenvalue weighted by Gasteiger charge is -2.12. The molecule has 2 aromatic rings. The normalized spacial score (nSPS) is 10.3. The highest BCUT2D eigenvalue weighted by atomic mass is 19.1. The monoisotopic (exact) mass is 258 g/mol. The van der Waals surface area contributed by atoms with E-state index in [4.69, 9.17) is 5.73 Å². The lowest BCUT2D eigenvalue weighted by molar-refractivity contribution is 0.102. The molecule has 2 rings (SSSR count). The summed E-state index contributed by atoms with van der Waals surface area (Å²) in [5.74, 6) is -0.997. The van der Waals surface area contributed by atoms with Gasteiger partial charge in [-0.2, -0.15) is 0 Å². The van der Waals surface area contributed by atoms with Crippen molar-refractivity contribution < 1.29 is 9.18 Å². The number of carbonyl (C=O) groups is 1. The van der Waals surface area contributed by atoms with Gasteiger partial charge in [-0.05, 0) is 37.1 Å². The summed E-state index contributed by atoms with van der Waals surface area (Å²) >= 11 is 0. The SMILES string of the molecule is Cc1cccc(C)c1NC(=O)c1cccc(F)c1N. The molecule has 0 aliphatic rings. The Hall–Kier alpha value is -2.36. The van der Waals surface area contributed by atoms with Crippen molar-refractivity contribution in [1.29, 1.82) is 0 Å². The second-order valence-electron chi connectivity index (χ2n) is 4.42. The smallest absolute Gasteiger partial charge is 0.257 e. The molecule has 0 saturated carbocycles. The average molecular weight is 258 g/mol. The fourth-order valence-electron chi connectivity index (χ4n) is 1.93. The lowest BCUT2D eigenvalue weighted by atomic mass is 10.1. The van der Waals surface area contributed by atoms with E-state index in [1.54, 1.807) is 0 Å². The van der Waals surface area contributed by atoms with E-state index in [0.29, 0.717) is 0 Å². The van der Waals surface area contributed by atoms with Gasteiger partial charge in [0.25, 0.3) is 5.91 Å². The van der Waals surface area contributed by atoms with Crippen LogP contribution in [0.5, 0.6) is 0 Å². The van der Waals surface area contributed by atoms with Gasteiger partial charge in [-0.15, -0.1) is 0 Å². The van der Waals surface area contributed by atoms with Crippen LogP contribution in [0.25, 0.3) is 0 Å². The number of para-hydroxylation sites is 2. The summed E-state index contributed by atoms with van der Waals surface area (Å²) in [7, 11) is 0. The van der Waals surface area contributed by atoms with E-state index in [-0.39, 0.29) is 11.3 Å². The number of hydrogen-bond acceptors (Lipinski definition) is 2. The zero-order valence-electron chi connectivity index (χ0n) is 10.8. The van der Waals surface area contributed by atoms with Crippen LogP contribution in [0.4, 0.5) is 15.8 Å². The average Bonchev–Trinajstić information content (AvgIpc) is 2.37. The highest BCUT2D eigenvalue weighted by Crippen LogP contribution is 2.22. The maximum atomic E-state index is 13.3. The zero-order valence-corrected chi connectivity index (χ0v) is 10.8. The first kappa shape index (κ1) is 13.1. The fraction of sp³-hybridized carbons (Fsp3) is 0.133. The third kappa shape index (κ3) is 2.57. The van der Waals surface area contributed by atoms with Crippen molar-refractivity contribution in [2.24, 2.45) is 0 Å². The quantitative estimate of drug-likeness (QED) is 0.812. The third-order valence-corrected chi connectivity index (χ3v) is 3.02. The summed E-state index contributed by atoms with van der Waals surface area (Å²) < 4.78 is 13.3. The summed E-state index contributed by atoms with van der Waals surface area (Å²) in [4.78, 5) is 12.1. The van der Waals surface area contributed by atoms with Crippen molar-refractivity contribution in [3.63, 3.8) is 0 Å². The Morgan fingerprint density at radius 3 is 2.32 bits per heavy atom. The van der Waals surface area contributed by atoms with Gasteiger partial charge in [0.2, 0.25) is 0 Å². The van der Waals surface area contributed by atoms with E-state index < -0.39 is 11.7 Å². The molecule has 0 aliphatic carbocycles. The molecule has 0 fully saturated rings. The van der Waals surface area contributed by atoms with Crippen LogP contribution in [0, 0.1) is 19.7 Å². The van der Waals surface area contributed by atoms with E-state index >= 15 is 0 Å². The van der Waals surface area contributed by atoms with Crippen LogP contribution in [0.1, 0.15) is 21.5 Å². The fourth-order valence-corrected chi connectivity index (χ4v) is 1.93. The van der Waals surface area contributed by atoms with Crippen molar-refractivity contribution in [2.75, 3.05) is 11.1 Å². The highest BCUT2D eigenvalue weighted by molar-refractivity contribution is 6.08. The molecule has 4 heteroatoms. The molecule has 0 unspecified atom stereocenters. The first-order chi connectivity index (χ1) is 9.00.